The maximum Gasteiger partial charge on any atom is 0.308 e. The van der Waals surface area contributed by atoms with Crippen LogP contribution in [0.15, 0.2) is 12.1 Å². The molecule has 0 saturated carbocycles. The molecule has 0 bridgehead atoms. The van der Waals surface area contributed by atoms with E-state index in [1.54, 1.807) is 13.8 Å². The number of hydrogen-bond acceptors (Lipinski definition) is 3. The van der Waals surface area contributed by atoms with Crippen LogP contribution in [-0.2, 0) is 0 Å². The highest BCUT2D eigenvalue weighted by Crippen LogP contribution is 2.24. The first-order chi connectivity index (χ1) is 9.65. The topological polar surface area (TPSA) is 63.5 Å². The van der Waals surface area contributed by atoms with E-state index in [0.29, 0.717) is 18.7 Å². The van der Waals surface area contributed by atoms with E-state index in [1.807, 2.05) is 13.8 Å². The summed E-state index contributed by atoms with van der Waals surface area (Å²) in [5, 5.41) is 10.7. The average Bonchev–Trinajstić information content (AvgIpc) is 2.36. The zero-order valence-electron chi connectivity index (χ0n) is 12.4. The lowest BCUT2D eigenvalue weighted by Crippen LogP contribution is -2.40. The highest BCUT2D eigenvalue weighted by molar-refractivity contribution is 5.95. The van der Waals surface area contributed by atoms with E-state index >= 15 is 0 Å². The molecule has 0 aromatic heterocycles. The molecule has 0 radical (unpaired) electrons. The van der Waals surface area contributed by atoms with Crippen LogP contribution in [0.2, 0.25) is 0 Å². The van der Waals surface area contributed by atoms with Crippen molar-refractivity contribution in [1.82, 2.24) is 4.90 Å². The lowest BCUT2D eigenvalue weighted by molar-refractivity contribution is -0.387. The van der Waals surface area contributed by atoms with Gasteiger partial charge in [-0.3, -0.25) is 14.9 Å². The molecule has 116 valence electrons. The van der Waals surface area contributed by atoms with Crippen molar-refractivity contribution in [2.24, 2.45) is 5.92 Å². The molecule has 0 saturated heterocycles. The van der Waals surface area contributed by atoms with Gasteiger partial charge in [-0.05, 0) is 25.8 Å². The number of nitro benzene ring substituents is 1. The lowest BCUT2D eigenvalue weighted by Gasteiger charge is -2.28. The van der Waals surface area contributed by atoms with Gasteiger partial charge in [-0.1, -0.05) is 13.8 Å². The third-order valence-electron chi connectivity index (χ3n) is 2.89. The van der Waals surface area contributed by atoms with Crippen molar-refractivity contribution in [2.45, 2.75) is 33.7 Å². The largest absolute Gasteiger partial charge is 0.336 e. The fourth-order valence-electron chi connectivity index (χ4n) is 1.94. The minimum absolute atomic E-state index is 0.128. The van der Waals surface area contributed by atoms with Crippen molar-refractivity contribution in [1.29, 1.82) is 0 Å². The number of hydrogen-bond donors (Lipinski definition) is 0. The Labute approximate surface area is 121 Å². The summed E-state index contributed by atoms with van der Waals surface area (Å²) < 4.78 is 27.5. The van der Waals surface area contributed by atoms with Gasteiger partial charge in [0.15, 0.2) is 0 Å². The summed E-state index contributed by atoms with van der Waals surface area (Å²) in [6.45, 7) is 7.60. The summed E-state index contributed by atoms with van der Waals surface area (Å²) in [4.78, 5) is 23.4. The fourth-order valence-corrected chi connectivity index (χ4v) is 1.94. The summed E-state index contributed by atoms with van der Waals surface area (Å²) in [6, 6.07) is 0.927. The summed E-state index contributed by atoms with van der Waals surface area (Å²) in [5.41, 5.74) is -1.65. The van der Waals surface area contributed by atoms with E-state index in [9.17, 15) is 23.7 Å². The minimum atomic E-state index is -1.30. The van der Waals surface area contributed by atoms with Crippen molar-refractivity contribution >= 4 is 11.6 Å². The Kier molecular flexibility index (Phi) is 5.34. The van der Waals surface area contributed by atoms with E-state index in [-0.39, 0.29) is 12.0 Å². The monoisotopic (exact) mass is 300 g/mol. The van der Waals surface area contributed by atoms with Crippen LogP contribution in [-0.4, -0.2) is 28.3 Å². The van der Waals surface area contributed by atoms with Crippen LogP contribution in [0.4, 0.5) is 14.5 Å². The van der Waals surface area contributed by atoms with Crippen molar-refractivity contribution in [3.63, 3.8) is 0 Å². The van der Waals surface area contributed by atoms with Crippen LogP contribution in [0.5, 0.6) is 0 Å². The van der Waals surface area contributed by atoms with Crippen LogP contribution in [0.25, 0.3) is 0 Å². The van der Waals surface area contributed by atoms with Crippen molar-refractivity contribution < 1.29 is 18.5 Å². The molecule has 0 aliphatic carbocycles. The van der Waals surface area contributed by atoms with Crippen LogP contribution in [0.3, 0.4) is 0 Å². The van der Waals surface area contributed by atoms with Gasteiger partial charge in [0.1, 0.15) is 5.82 Å². The normalized spacial score (nSPS) is 11.0. The molecular weight excluding hydrogens is 282 g/mol. The smallest absolute Gasteiger partial charge is 0.308 e. The molecule has 0 N–H and O–H groups in total. The van der Waals surface area contributed by atoms with E-state index in [2.05, 4.69) is 0 Å². The van der Waals surface area contributed by atoms with Crippen molar-refractivity contribution in [2.75, 3.05) is 6.54 Å². The molecule has 21 heavy (non-hydrogen) atoms. The van der Waals surface area contributed by atoms with E-state index in [4.69, 9.17) is 0 Å². The van der Waals surface area contributed by atoms with Crippen molar-refractivity contribution in [3.8, 4) is 0 Å². The maximum atomic E-state index is 14.1. The Bertz CT molecular complexity index is 559. The number of nitrogens with zero attached hydrogens (tertiary/aromatic N) is 2. The number of rotatable bonds is 5. The number of nitro groups is 1. The van der Waals surface area contributed by atoms with Crippen LogP contribution in [0, 0.1) is 27.7 Å². The molecule has 1 aromatic rings. The van der Waals surface area contributed by atoms with Gasteiger partial charge >= 0.3 is 5.69 Å². The second-order valence-electron chi connectivity index (χ2n) is 5.49. The molecule has 0 fully saturated rings. The molecule has 1 aromatic carbocycles. The van der Waals surface area contributed by atoms with Gasteiger partial charge in [-0.25, -0.2) is 4.39 Å². The lowest BCUT2D eigenvalue weighted by atomic mass is 10.1. The maximum absolute atomic E-state index is 14.1. The van der Waals surface area contributed by atoms with Crippen LogP contribution < -0.4 is 0 Å². The van der Waals surface area contributed by atoms with Gasteiger partial charge in [-0.15, -0.1) is 0 Å². The Balaban J connectivity index is 3.31. The van der Waals surface area contributed by atoms with E-state index < -0.39 is 33.7 Å². The number of carbonyl (C=O) groups excluding carboxylic acids is 1. The Morgan fingerprint density at radius 3 is 2.29 bits per heavy atom. The van der Waals surface area contributed by atoms with Gasteiger partial charge in [0.25, 0.3) is 5.91 Å². The first-order valence-electron chi connectivity index (χ1n) is 6.59. The molecule has 0 aliphatic heterocycles. The predicted molar refractivity (Wildman–Crippen MR) is 74.0 cm³/mol. The molecule has 0 unspecified atom stereocenters. The summed E-state index contributed by atoms with van der Waals surface area (Å²) in [6.07, 6.45) is 0. The number of halogens is 2. The SMILES string of the molecule is CC(C)CN(C(=O)c1cc(F)cc([N+](=O)[O-])c1F)C(C)C. The molecule has 1 rings (SSSR count). The minimum Gasteiger partial charge on any atom is -0.336 e. The first-order valence-corrected chi connectivity index (χ1v) is 6.59. The van der Waals surface area contributed by atoms with Gasteiger partial charge in [-0.2, -0.15) is 4.39 Å². The average molecular weight is 300 g/mol. The van der Waals surface area contributed by atoms with Crippen molar-refractivity contribution in [3.05, 3.63) is 39.4 Å². The standard InChI is InChI=1S/C14H18F2N2O3/c1-8(2)7-17(9(3)4)14(19)11-5-10(15)6-12(13(11)16)18(20)21/h5-6,8-9H,7H2,1-4H3. The van der Waals surface area contributed by atoms with E-state index in [1.165, 1.54) is 4.90 Å². The second kappa shape index (κ2) is 6.60. The molecule has 7 heteroatoms. The van der Waals surface area contributed by atoms with Gasteiger partial charge in [0, 0.05) is 12.6 Å². The molecule has 0 spiro atoms. The molecular formula is C14H18F2N2O3. The number of benzene rings is 1. The van der Waals surface area contributed by atoms with Gasteiger partial charge in [0.05, 0.1) is 16.6 Å². The molecule has 0 aliphatic rings. The number of amides is 1. The van der Waals surface area contributed by atoms with E-state index in [0.717, 1.165) is 0 Å². The summed E-state index contributed by atoms with van der Waals surface area (Å²) in [5.74, 6) is -2.94. The zero-order valence-corrected chi connectivity index (χ0v) is 12.4. The third-order valence-corrected chi connectivity index (χ3v) is 2.89. The second-order valence-corrected chi connectivity index (χ2v) is 5.49. The Hall–Kier alpha value is -2.05. The number of carbonyl (C=O) groups is 1. The third kappa shape index (κ3) is 3.96. The van der Waals surface area contributed by atoms with Gasteiger partial charge in [0.2, 0.25) is 5.82 Å². The zero-order chi connectivity index (χ0) is 16.3. The van der Waals surface area contributed by atoms with Crippen LogP contribution in [0.1, 0.15) is 38.1 Å². The molecule has 0 heterocycles. The summed E-state index contributed by atoms with van der Waals surface area (Å²) in [7, 11) is 0. The fraction of sp³-hybridized carbons (Fsp3) is 0.500. The Morgan fingerprint density at radius 1 is 1.29 bits per heavy atom. The van der Waals surface area contributed by atoms with Crippen LogP contribution >= 0.6 is 0 Å². The highest BCUT2D eigenvalue weighted by Gasteiger charge is 2.28. The first kappa shape index (κ1) is 17.0. The quantitative estimate of drug-likeness (QED) is 0.618. The molecule has 1 amide bonds. The summed E-state index contributed by atoms with van der Waals surface area (Å²) >= 11 is 0. The molecule has 5 nitrogen and oxygen atoms in total. The molecule has 0 atom stereocenters. The van der Waals surface area contributed by atoms with Gasteiger partial charge < -0.3 is 4.90 Å². The predicted octanol–water partition coefficient (Wildman–Crippen LogP) is 3.38. The Morgan fingerprint density at radius 2 is 1.86 bits per heavy atom. The highest BCUT2D eigenvalue weighted by atomic mass is 19.1.